The molecule has 2 aromatic carbocycles. The standard InChI is InChI=1S/C22H26N2O2/c1-16-6-4-7-19(14-16)21(25)23-10-5-11-24(13-12-23)22(26)20-9-8-17(2)18(3)15-20/h4,6-9,14-15H,5,10-13H2,1-3H3. The van der Waals surface area contributed by atoms with Crippen LogP contribution >= 0.6 is 0 Å². The lowest BCUT2D eigenvalue weighted by Crippen LogP contribution is -2.37. The maximum absolute atomic E-state index is 12.8. The van der Waals surface area contributed by atoms with Crippen LogP contribution in [0.25, 0.3) is 0 Å². The smallest absolute Gasteiger partial charge is 0.253 e. The number of carbonyl (C=O) groups excluding carboxylic acids is 2. The number of aryl methyl sites for hydroxylation is 3. The number of benzene rings is 2. The van der Waals surface area contributed by atoms with Crippen molar-refractivity contribution in [3.05, 3.63) is 70.3 Å². The van der Waals surface area contributed by atoms with Crippen molar-refractivity contribution in [1.82, 2.24) is 9.80 Å². The molecule has 2 aromatic rings. The summed E-state index contributed by atoms with van der Waals surface area (Å²) in [6.07, 6.45) is 0.800. The van der Waals surface area contributed by atoms with Gasteiger partial charge in [0, 0.05) is 37.3 Å². The van der Waals surface area contributed by atoms with Gasteiger partial charge in [-0.15, -0.1) is 0 Å². The second kappa shape index (κ2) is 7.73. The van der Waals surface area contributed by atoms with Crippen LogP contribution in [0.5, 0.6) is 0 Å². The van der Waals surface area contributed by atoms with Gasteiger partial charge < -0.3 is 9.80 Å². The van der Waals surface area contributed by atoms with Crippen LogP contribution in [-0.2, 0) is 0 Å². The summed E-state index contributed by atoms with van der Waals surface area (Å²) in [5, 5.41) is 0. The lowest BCUT2D eigenvalue weighted by molar-refractivity contribution is 0.0718. The van der Waals surface area contributed by atoms with Crippen LogP contribution in [0.2, 0.25) is 0 Å². The van der Waals surface area contributed by atoms with Gasteiger partial charge in [0.15, 0.2) is 0 Å². The highest BCUT2D eigenvalue weighted by molar-refractivity contribution is 5.95. The Morgan fingerprint density at radius 1 is 0.731 bits per heavy atom. The fourth-order valence-corrected chi connectivity index (χ4v) is 3.34. The predicted octanol–water partition coefficient (Wildman–Crippen LogP) is 3.60. The van der Waals surface area contributed by atoms with Gasteiger partial charge in [-0.25, -0.2) is 0 Å². The Balaban J connectivity index is 1.68. The summed E-state index contributed by atoms with van der Waals surface area (Å²) in [5.41, 5.74) is 4.84. The van der Waals surface area contributed by atoms with Gasteiger partial charge in [-0.05, 0) is 62.6 Å². The molecule has 1 aliphatic heterocycles. The van der Waals surface area contributed by atoms with E-state index in [0.717, 1.165) is 28.7 Å². The maximum atomic E-state index is 12.8. The summed E-state index contributed by atoms with van der Waals surface area (Å²) in [6, 6.07) is 13.5. The second-order valence-electron chi connectivity index (χ2n) is 7.11. The Labute approximate surface area is 155 Å². The Morgan fingerprint density at radius 2 is 1.35 bits per heavy atom. The van der Waals surface area contributed by atoms with E-state index in [4.69, 9.17) is 0 Å². The van der Waals surface area contributed by atoms with Gasteiger partial charge >= 0.3 is 0 Å². The van der Waals surface area contributed by atoms with Gasteiger partial charge in [0.2, 0.25) is 0 Å². The molecule has 4 heteroatoms. The number of hydrogen-bond acceptors (Lipinski definition) is 2. The minimum absolute atomic E-state index is 0.0502. The van der Waals surface area contributed by atoms with Crippen molar-refractivity contribution in [1.29, 1.82) is 0 Å². The maximum Gasteiger partial charge on any atom is 0.253 e. The lowest BCUT2D eigenvalue weighted by Gasteiger charge is -2.22. The van der Waals surface area contributed by atoms with Gasteiger partial charge in [-0.2, -0.15) is 0 Å². The SMILES string of the molecule is Cc1cccc(C(=O)N2CCCN(C(=O)c3ccc(C)c(C)c3)CC2)c1. The third-order valence-corrected chi connectivity index (χ3v) is 5.09. The first-order valence-electron chi connectivity index (χ1n) is 9.18. The molecule has 1 heterocycles. The molecule has 136 valence electrons. The highest BCUT2D eigenvalue weighted by Gasteiger charge is 2.23. The largest absolute Gasteiger partial charge is 0.337 e. The van der Waals surface area contributed by atoms with Gasteiger partial charge in [-0.3, -0.25) is 9.59 Å². The molecule has 2 amide bonds. The number of amides is 2. The second-order valence-corrected chi connectivity index (χ2v) is 7.11. The lowest BCUT2D eigenvalue weighted by atomic mass is 10.1. The first kappa shape index (κ1) is 18.2. The minimum atomic E-state index is 0.0502. The summed E-state index contributed by atoms with van der Waals surface area (Å²) in [6.45, 7) is 8.57. The van der Waals surface area contributed by atoms with Crippen molar-refractivity contribution in [2.24, 2.45) is 0 Å². The van der Waals surface area contributed by atoms with E-state index < -0.39 is 0 Å². The molecule has 1 fully saturated rings. The molecule has 4 nitrogen and oxygen atoms in total. The van der Waals surface area contributed by atoms with Crippen LogP contribution in [0.15, 0.2) is 42.5 Å². The monoisotopic (exact) mass is 350 g/mol. The predicted molar refractivity (Wildman–Crippen MR) is 104 cm³/mol. The Kier molecular flexibility index (Phi) is 5.40. The zero-order valence-corrected chi connectivity index (χ0v) is 15.8. The normalized spacial score (nSPS) is 14.9. The zero-order chi connectivity index (χ0) is 18.7. The molecular formula is C22H26N2O2. The van der Waals surface area contributed by atoms with Crippen molar-refractivity contribution in [2.45, 2.75) is 27.2 Å². The third kappa shape index (κ3) is 3.96. The molecule has 0 bridgehead atoms. The molecule has 1 saturated heterocycles. The van der Waals surface area contributed by atoms with Gasteiger partial charge in [0.25, 0.3) is 11.8 Å². The van der Waals surface area contributed by atoms with Crippen LogP contribution in [-0.4, -0.2) is 47.8 Å². The molecular weight excluding hydrogens is 324 g/mol. The van der Waals surface area contributed by atoms with E-state index in [0.29, 0.717) is 26.2 Å². The van der Waals surface area contributed by atoms with Gasteiger partial charge in [-0.1, -0.05) is 23.8 Å². The zero-order valence-electron chi connectivity index (χ0n) is 15.8. The summed E-state index contributed by atoms with van der Waals surface area (Å²) in [4.78, 5) is 29.3. The van der Waals surface area contributed by atoms with Gasteiger partial charge in [0.05, 0.1) is 0 Å². The summed E-state index contributed by atoms with van der Waals surface area (Å²) >= 11 is 0. The van der Waals surface area contributed by atoms with Crippen LogP contribution in [0, 0.1) is 20.8 Å². The van der Waals surface area contributed by atoms with Crippen LogP contribution in [0.4, 0.5) is 0 Å². The number of hydrogen-bond donors (Lipinski definition) is 0. The van der Waals surface area contributed by atoms with Crippen molar-refractivity contribution < 1.29 is 9.59 Å². The van der Waals surface area contributed by atoms with Crippen molar-refractivity contribution in [3.63, 3.8) is 0 Å². The van der Waals surface area contributed by atoms with E-state index in [-0.39, 0.29) is 11.8 Å². The number of nitrogens with zero attached hydrogens (tertiary/aromatic N) is 2. The van der Waals surface area contributed by atoms with E-state index in [1.54, 1.807) is 0 Å². The molecule has 1 aliphatic rings. The summed E-state index contributed by atoms with van der Waals surface area (Å²) in [5.74, 6) is 0.104. The molecule has 0 N–H and O–H groups in total. The van der Waals surface area contributed by atoms with E-state index in [9.17, 15) is 9.59 Å². The molecule has 0 unspecified atom stereocenters. The van der Waals surface area contributed by atoms with Crippen molar-refractivity contribution >= 4 is 11.8 Å². The molecule has 26 heavy (non-hydrogen) atoms. The van der Waals surface area contributed by atoms with Crippen LogP contribution in [0.1, 0.15) is 43.8 Å². The van der Waals surface area contributed by atoms with E-state index >= 15 is 0 Å². The first-order valence-corrected chi connectivity index (χ1v) is 9.18. The first-order chi connectivity index (χ1) is 12.5. The Morgan fingerprint density at radius 3 is 1.92 bits per heavy atom. The van der Waals surface area contributed by atoms with Crippen molar-refractivity contribution in [3.8, 4) is 0 Å². The molecule has 0 aromatic heterocycles. The molecule has 0 saturated carbocycles. The molecule has 0 radical (unpaired) electrons. The van der Waals surface area contributed by atoms with E-state index in [2.05, 4.69) is 0 Å². The molecule has 0 aliphatic carbocycles. The quantitative estimate of drug-likeness (QED) is 0.830. The number of rotatable bonds is 2. The fraction of sp³-hybridized carbons (Fsp3) is 0.364. The average molecular weight is 350 g/mol. The highest BCUT2D eigenvalue weighted by Crippen LogP contribution is 2.15. The molecule has 0 atom stereocenters. The van der Waals surface area contributed by atoms with E-state index in [1.807, 2.05) is 73.0 Å². The number of carbonyl (C=O) groups is 2. The fourth-order valence-electron chi connectivity index (χ4n) is 3.34. The summed E-state index contributed by atoms with van der Waals surface area (Å²) < 4.78 is 0. The minimum Gasteiger partial charge on any atom is -0.337 e. The average Bonchev–Trinajstić information content (AvgIpc) is 2.89. The topological polar surface area (TPSA) is 40.6 Å². The van der Waals surface area contributed by atoms with Crippen LogP contribution < -0.4 is 0 Å². The molecule has 3 rings (SSSR count). The van der Waals surface area contributed by atoms with Crippen LogP contribution in [0.3, 0.4) is 0 Å². The summed E-state index contributed by atoms with van der Waals surface area (Å²) in [7, 11) is 0. The molecule has 0 spiro atoms. The van der Waals surface area contributed by atoms with Gasteiger partial charge in [0.1, 0.15) is 0 Å². The van der Waals surface area contributed by atoms with Crippen molar-refractivity contribution in [2.75, 3.05) is 26.2 Å². The van der Waals surface area contributed by atoms with E-state index in [1.165, 1.54) is 5.56 Å². The third-order valence-electron chi connectivity index (χ3n) is 5.09. The Hall–Kier alpha value is -2.62. The highest BCUT2D eigenvalue weighted by atomic mass is 16.2. The Bertz CT molecular complexity index is 829.